The summed E-state index contributed by atoms with van der Waals surface area (Å²) in [6, 6.07) is 13.9. The number of halogens is 3. The summed E-state index contributed by atoms with van der Waals surface area (Å²) in [5.74, 6) is 0.0316. The molecule has 0 bridgehead atoms. The average molecular weight is 551 g/mol. The minimum atomic E-state index is -4.40. The molecule has 1 N–H and O–H groups in total. The third-order valence-electron chi connectivity index (χ3n) is 6.66. The smallest absolute Gasteiger partial charge is 0.416 e. The van der Waals surface area contributed by atoms with E-state index >= 15 is 0 Å². The zero-order valence-electron chi connectivity index (χ0n) is 22.6. The van der Waals surface area contributed by atoms with Gasteiger partial charge in [-0.15, -0.1) is 0 Å². The molecule has 7 nitrogen and oxygen atoms in total. The number of hydrogen-bond acceptors (Lipinski definition) is 5. The summed E-state index contributed by atoms with van der Waals surface area (Å²) in [6.45, 7) is 5.92. The zero-order chi connectivity index (χ0) is 29.0. The lowest BCUT2D eigenvalue weighted by atomic mass is 10.0. The Morgan fingerprint density at radius 2 is 1.70 bits per heavy atom. The van der Waals surface area contributed by atoms with Crippen LogP contribution in [0.5, 0.6) is 5.75 Å². The zero-order valence-corrected chi connectivity index (χ0v) is 22.6. The third-order valence-corrected chi connectivity index (χ3v) is 6.66. The standard InChI is InChI=1S/C30H29F3N4O3/c1-18-13-24(30(31,32)33)9-10-28(18)40-17-21-5-7-23(8-6-21)27(38)15-25-19(2)36-37(20(25)3)16-22-11-12-35-26(14-22)29(39)34-4/h5-14H,15-17H2,1-4H3,(H,34,39). The SMILES string of the molecule is CNC(=O)c1cc(Cn2nc(C)c(CC(=O)c3ccc(COc4ccc(C(F)(F)F)cc4C)cc3)c2C)ccn1. The number of benzene rings is 2. The van der Waals surface area contributed by atoms with E-state index in [1.165, 1.54) is 6.07 Å². The molecule has 0 aliphatic heterocycles. The number of hydrogen-bond donors (Lipinski definition) is 1. The van der Waals surface area contributed by atoms with Crippen molar-refractivity contribution in [3.8, 4) is 5.75 Å². The number of carbonyl (C=O) groups is 2. The maximum absolute atomic E-state index is 13.1. The van der Waals surface area contributed by atoms with Gasteiger partial charge in [0, 0.05) is 36.5 Å². The maximum Gasteiger partial charge on any atom is 0.416 e. The van der Waals surface area contributed by atoms with Crippen LogP contribution in [0.4, 0.5) is 13.2 Å². The summed E-state index contributed by atoms with van der Waals surface area (Å²) >= 11 is 0. The van der Waals surface area contributed by atoms with Crippen molar-refractivity contribution >= 4 is 11.7 Å². The van der Waals surface area contributed by atoms with Gasteiger partial charge >= 0.3 is 6.18 Å². The van der Waals surface area contributed by atoms with Crippen LogP contribution in [0.2, 0.25) is 0 Å². The van der Waals surface area contributed by atoms with Crippen LogP contribution in [0.25, 0.3) is 0 Å². The van der Waals surface area contributed by atoms with Crippen molar-refractivity contribution in [2.45, 2.75) is 46.5 Å². The van der Waals surface area contributed by atoms with Crippen LogP contribution in [0.15, 0.2) is 60.8 Å². The molecule has 2 aromatic carbocycles. The van der Waals surface area contributed by atoms with Crippen molar-refractivity contribution in [2.75, 3.05) is 7.05 Å². The molecule has 0 unspecified atom stereocenters. The molecule has 0 spiro atoms. The lowest BCUT2D eigenvalue weighted by Crippen LogP contribution is -2.19. The van der Waals surface area contributed by atoms with Crippen molar-refractivity contribution < 1.29 is 27.5 Å². The van der Waals surface area contributed by atoms with E-state index in [2.05, 4.69) is 15.4 Å². The van der Waals surface area contributed by atoms with Crippen LogP contribution in [-0.4, -0.2) is 33.5 Å². The van der Waals surface area contributed by atoms with E-state index in [-0.39, 0.29) is 24.7 Å². The van der Waals surface area contributed by atoms with Gasteiger partial charge in [0.15, 0.2) is 5.78 Å². The van der Waals surface area contributed by atoms with E-state index in [0.29, 0.717) is 29.1 Å². The largest absolute Gasteiger partial charge is 0.489 e. The van der Waals surface area contributed by atoms with Gasteiger partial charge in [0.1, 0.15) is 18.1 Å². The topological polar surface area (TPSA) is 86.1 Å². The van der Waals surface area contributed by atoms with Gasteiger partial charge in [0.25, 0.3) is 5.91 Å². The second kappa shape index (κ2) is 11.7. The number of nitrogens with zero attached hydrogens (tertiary/aromatic N) is 3. The second-order valence-corrected chi connectivity index (χ2v) is 9.50. The molecular weight excluding hydrogens is 521 g/mol. The lowest BCUT2D eigenvalue weighted by Gasteiger charge is -2.12. The van der Waals surface area contributed by atoms with Crippen LogP contribution in [0.1, 0.15) is 60.1 Å². The number of ketones is 1. The lowest BCUT2D eigenvalue weighted by molar-refractivity contribution is -0.137. The number of alkyl halides is 3. The molecule has 10 heteroatoms. The van der Waals surface area contributed by atoms with Gasteiger partial charge < -0.3 is 10.1 Å². The highest BCUT2D eigenvalue weighted by Gasteiger charge is 2.30. The Balaban J connectivity index is 1.40. The molecule has 0 radical (unpaired) electrons. The number of Topliss-reactive ketones (excluding diaryl/α,β-unsaturated/α-hetero) is 1. The van der Waals surface area contributed by atoms with Crippen LogP contribution in [0.3, 0.4) is 0 Å². The minimum absolute atomic E-state index is 0.0670. The Morgan fingerprint density at radius 1 is 0.975 bits per heavy atom. The first-order valence-corrected chi connectivity index (χ1v) is 12.6. The summed E-state index contributed by atoms with van der Waals surface area (Å²) in [7, 11) is 1.55. The summed E-state index contributed by atoms with van der Waals surface area (Å²) < 4.78 is 46.2. The molecule has 4 aromatic rings. The van der Waals surface area contributed by atoms with E-state index in [4.69, 9.17) is 4.74 Å². The highest BCUT2D eigenvalue weighted by molar-refractivity contribution is 5.97. The van der Waals surface area contributed by atoms with E-state index in [1.807, 2.05) is 24.6 Å². The van der Waals surface area contributed by atoms with Gasteiger partial charge in [-0.2, -0.15) is 18.3 Å². The Labute approximate surface area is 230 Å². The highest BCUT2D eigenvalue weighted by Crippen LogP contribution is 2.32. The summed E-state index contributed by atoms with van der Waals surface area (Å²) in [4.78, 5) is 29.1. The molecule has 0 aliphatic rings. The Hall–Kier alpha value is -4.47. The maximum atomic E-state index is 13.1. The van der Waals surface area contributed by atoms with Gasteiger partial charge in [-0.25, -0.2) is 0 Å². The van der Waals surface area contributed by atoms with E-state index in [1.54, 1.807) is 50.5 Å². The first-order chi connectivity index (χ1) is 19.0. The predicted molar refractivity (Wildman–Crippen MR) is 143 cm³/mol. The van der Waals surface area contributed by atoms with Crippen molar-refractivity contribution in [1.29, 1.82) is 0 Å². The van der Waals surface area contributed by atoms with Crippen LogP contribution in [-0.2, 0) is 25.7 Å². The van der Waals surface area contributed by atoms with Crippen LogP contribution < -0.4 is 10.1 Å². The van der Waals surface area contributed by atoms with Crippen molar-refractivity contribution in [1.82, 2.24) is 20.1 Å². The quantitative estimate of drug-likeness (QED) is 0.273. The van der Waals surface area contributed by atoms with Crippen molar-refractivity contribution in [3.05, 3.63) is 111 Å². The molecule has 0 saturated heterocycles. The normalized spacial score (nSPS) is 11.4. The molecule has 0 aliphatic carbocycles. The molecule has 2 aromatic heterocycles. The highest BCUT2D eigenvalue weighted by atomic mass is 19.4. The number of ether oxygens (including phenoxy) is 1. The summed E-state index contributed by atoms with van der Waals surface area (Å²) in [5, 5.41) is 7.16. The predicted octanol–water partition coefficient (Wildman–Crippen LogP) is 5.63. The van der Waals surface area contributed by atoms with Gasteiger partial charge in [0.2, 0.25) is 0 Å². The third kappa shape index (κ3) is 6.56. The minimum Gasteiger partial charge on any atom is -0.489 e. The van der Waals surface area contributed by atoms with Gasteiger partial charge in [-0.1, -0.05) is 24.3 Å². The van der Waals surface area contributed by atoms with Crippen LogP contribution in [0, 0.1) is 20.8 Å². The van der Waals surface area contributed by atoms with Gasteiger partial charge in [-0.05, 0) is 67.8 Å². The molecule has 2 heterocycles. The average Bonchev–Trinajstić information content (AvgIpc) is 3.18. The van der Waals surface area contributed by atoms with E-state index < -0.39 is 11.7 Å². The van der Waals surface area contributed by atoms with Crippen LogP contribution >= 0.6 is 0 Å². The first kappa shape index (κ1) is 28.5. The monoisotopic (exact) mass is 550 g/mol. The molecule has 208 valence electrons. The number of carbonyl (C=O) groups excluding carboxylic acids is 2. The number of rotatable bonds is 9. The molecular formula is C30H29F3N4O3. The molecule has 40 heavy (non-hydrogen) atoms. The van der Waals surface area contributed by atoms with E-state index in [9.17, 15) is 22.8 Å². The van der Waals surface area contributed by atoms with Crippen molar-refractivity contribution in [2.24, 2.45) is 0 Å². The second-order valence-electron chi connectivity index (χ2n) is 9.50. The molecule has 4 rings (SSSR count). The summed E-state index contributed by atoms with van der Waals surface area (Å²) in [5.41, 5.74) is 4.63. The number of aryl methyl sites for hydroxylation is 2. The number of nitrogens with one attached hydrogen (secondary N) is 1. The number of pyridine rings is 1. The fourth-order valence-corrected chi connectivity index (χ4v) is 4.34. The molecule has 1 amide bonds. The van der Waals surface area contributed by atoms with Gasteiger partial charge in [-0.3, -0.25) is 19.3 Å². The fourth-order valence-electron chi connectivity index (χ4n) is 4.34. The first-order valence-electron chi connectivity index (χ1n) is 12.6. The van der Waals surface area contributed by atoms with Gasteiger partial charge in [0.05, 0.1) is 17.8 Å². The summed E-state index contributed by atoms with van der Waals surface area (Å²) in [6.07, 6.45) is -2.65. The molecule has 0 saturated carbocycles. The Kier molecular flexibility index (Phi) is 8.37. The number of amides is 1. The Bertz CT molecular complexity index is 1540. The Morgan fingerprint density at radius 3 is 2.35 bits per heavy atom. The van der Waals surface area contributed by atoms with Crippen molar-refractivity contribution in [3.63, 3.8) is 0 Å². The fraction of sp³-hybridized carbons (Fsp3) is 0.267. The van der Waals surface area contributed by atoms with E-state index in [0.717, 1.165) is 40.2 Å². The number of aromatic nitrogens is 3. The molecule has 0 atom stereocenters. The molecule has 0 fully saturated rings.